The van der Waals surface area contributed by atoms with E-state index in [2.05, 4.69) is 4.98 Å². The Morgan fingerprint density at radius 2 is 2.17 bits per heavy atom. The molecule has 1 aromatic heterocycles. The molecule has 0 aliphatic carbocycles. The van der Waals surface area contributed by atoms with Crippen LogP contribution in [0.2, 0.25) is 5.02 Å². The summed E-state index contributed by atoms with van der Waals surface area (Å²) in [5.41, 5.74) is 1.31. The number of anilines is 1. The molecular weight excluding hydrogens is 256 g/mol. The highest BCUT2D eigenvalue weighted by Crippen LogP contribution is 2.29. The van der Waals surface area contributed by atoms with E-state index in [1.54, 1.807) is 31.3 Å². The van der Waals surface area contributed by atoms with Crippen LogP contribution in [0.5, 0.6) is 0 Å². The fraction of sp³-hybridized carbons (Fsp3) is 0.167. The van der Waals surface area contributed by atoms with Crippen molar-refractivity contribution in [1.29, 1.82) is 0 Å². The second kappa shape index (κ2) is 4.70. The number of carbonyl (C=O) groups excluding carboxylic acids is 1. The number of carboxylic acid groups (broad SMARTS) is 1. The number of hydrogen-bond acceptors (Lipinski definition) is 2. The topological polar surface area (TPSA) is 73.4 Å². The van der Waals surface area contributed by atoms with Crippen LogP contribution in [0.15, 0.2) is 24.4 Å². The molecule has 0 saturated carbocycles. The quantitative estimate of drug-likeness (QED) is 0.819. The lowest BCUT2D eigenvalue weighted by Crippen LogP contribution is -2.36. The fourth-order valence-electron chi connectivity index (χ4n) is 1.84. The van der Waals surface area contributed by atoms with Crippen LogP contribution in [0, 0.1) is 0 Å². The summed E-state index contributed by atoms with van der Waals surface area (Å²) in [6.45, 7) is 1.98. The highest BCUT2D eigenvalue weighted by molar-refractivity contribution is 6.38. The van der Waals surface area contributed by atoms with E-state index in [1.165, 1.54) is 4.90 Å². The number of fused-ring (bicyclic) bond motifs is 1. The molecule has 0 radical (unpaired) electrons. The van der Waals surface area contributed by atoms with Gasteiger partial charge >= 0.3 is 11.9 Å². The molecule has 6 heteroatoms. The Morgan fingerprint density at radius 3 is 2.78 bits per heavy atom. The molecule has 2 aromatic rings. The third-order valence-electron chi connectivity index (χ3n) is 2.66. The highest BCUT2D eigenvalue weighted by Gasteiger charge is 2.23. The molecule has 1 amide bonds. The number of nitrogens with one attached hydrogen (secondary N) is 1. The Bertz CT molecular complexity index is 621. The van der Waals surface area contributed by atoms with E-state index >= 15 is 0 Å². The van der Waals surface area contributed by atoms with Gasteiger partial charge in [-0.15, -0.1) is 0 Å². The molecule has 94 valence electrons. The SMILES string of the molecule is CCN(C(=O)C(=O)O)c1c[nH]c2ccc(Cl)cc12. The van der Waals surface area contributed by atoms with Gasteiger partial charge in [-0.3, -0.25) is 4.79 Å². The van der Waals surface area contributed by atoms with Gasteiger partial charge in [-0.05, 0) is 25.1 Å². The van der Waals surface area contributed by atoms with Crippen LogP contribution >= 0.6 is 11.6 Å². The first-order valence-electron chi connectivity index (χ1n) is 5.36. The first kappa shape index (κ1) is 12.4. The number of rotatable bonds is 2. The summed E-state index contributed by atoms with van der Waals surface area (Å²) in [5.74, 6) is -2.44. The Hall–Kier alpha value is -2.01. The first-order valence-corrected chi connectivity index (χ1v) is 5.73. The van der Waals surface area contributed by atoms with Gasteiger partial charge in [0.1, 0.15) is 0 Å². The Morgan fingerprint density at radius 1 is 1.44 bits per heavy atom. The number of aromatic nitrogens is 1. The van der Waals surface area contributed by atoms with Gasteiger partial charge in [0.05, 0.1) is 5.69 Å². The number of amides is 1. The van der Waals surface area contributed by atoms with Gasteiger partial charge in [-0.2, -0.15) is 0 Å². The normalized spacial score (nSPS) is 10.6. The lowest BCUT2D eigenvalue weighted by Gasteiger charge is -2.17. The molecule has 0 fully saturated rings. The van der Waals surface area contributed by atoms with Crippen LogP contribution in [-0.4, -0.2) is 28.5 Å². The van der Waals surface area contributed by atoms with E-state index in [4.69, 9.17) is 16.7 Å². The van der Waals surface area contributed by atoms with E-state index in [9.17, 15) is 9.59 Å². The van der Waals surface area contributed by atoms with Gasteiger partial charge in [0, 0.05) is 28.7 Å². The summed E-state index contributed by atoms with van der Waals surface area (Å²) >= 11 is 5.90. The summed E-state index contributed by atoms with van der Waals surface area (Å²) in [4.78, 5) is 26.5. The standard InChI is InChI=1S/C12H11ClN2O3/c1-2-15(11(16)12(17)18)10-6-14-9-4-3-7(13)5-8(9)10/h3-6,14H,2H2,1H3,(H,17,18). The number of carboxylic acids is 1. The number of benzene rings is 1. The second-order valence-electron chi connectivity index (χ2n) is 3.72. The van der Waals surface area contributed by atoms with Crippen molar-refractivity contribution in [2.75, 3.05) is 11.4 Å². The summed E-state index contributed by atoms with van der Waals surface area (Å²) in [5, 5.41) is 10.0. The maximum atomic E-state index is 11.6. The van der Waals surface area contributed by atoms with Gasteiger partial charge in [-0.1, -0.05) is 11.6 Å². The zero-order valence-electron chi connectivity index (χ0n) is 9.61. The molecule has 0 aliphatic rings. The van der Waals surface area contributed by atoms with Crippen molar-refractivity contribution in [2.24, 2.45) is 0 Å². The van der Waals surface area contributed by atoms with E-state index in [0.717, 1.165) is 10.9 Å². The minimum absolute atomic E-state index is 0.268. The van der Waals surface area contributed by atoms with Crippen molar-refractivity contribution < 1.29 is 14.7 Å². The molecule has 0 bridgehead atoms. The summed E-state index contributed by atoms with van der Waals surface area (Å²) in [7, 11) is 0. The van der Waals surface area contributed by atoms with Crippen LogP contribution in [-0.2, 0) is 9.59 Å². The summed E-state index contributed by atoms with van der Waals surface area (Å²) in [6, 6.07) is 5.19. The smallest absolute Gasteiger partial charge is 0.394 e. The van der Waals surface area contributed by atoms with Crippen LogP contribution in [0.3, 0.4) is 0 Å². The number of halogens is 1. The van der Waals surface area contributed by atoms with E-state index < -0.39 is 11.9 Å². The van der Waals surface area contributed by atoms with Crippen LogP contribution in [0.1, 0.15) is 6.92 Å². The van der Waals surface area contributed by atoms with Gasteiger partial charge in [0.15, 0.2) is 0 Å². The predicted octanol–water partition coefficient (Wildman–Crippen LogP) is 2.26. The van der Waals surface area contributed by atoms with Gasteiger partial charge in [0.25, 0.3) is 0 Å². The number of carbonyl (C=O) groups is 2. The van der Waals surface area contributed by atoms with Crippen molar-refractivity contribution in [2.45, 2.75) is 6.92 Å². The zero-order valence-corrected chi connectivity index (χ0v) is 10.4. The van der Waals surface area contributed by atoms with Crippen molar-refractivity contribution in [1.82, 2.24) is 4.98 Å². The number of nitrogens with zero attached hydrogens (tertiary/aromatic N) is 1. The van der Waals surface area contributed by atoms with Crippen LogP contribution < -0.4 is 4.90 Å². The third kappa shape index (κ3) is 2.04. The van der Waals surface area contributed by atoms with Crippen LogP contribution in [0.25, 0.3) is 10.9 Å². The largest absolute Gasteiger partial charge is 0.474 e. The molecule has 0 saturated heterocycles. The molecular formula is C12H11ClN2O3. The molecule has 2 N–H and O–H groups in total. The van der Waals surface area contributed by atoms with Crippen molar-refractivity contribution in [3.63, 3.8) is 0 Å². The first-order chi connectivity index (χ1) is 8.54. The zero-order chi connectivity index (χ0) is 13.3. The lowest BCUT2D eigenvalue weighted by atomic mass is 10.2. The Kier molecular flexibility index (Phi) is 3.25. The predicted molar refractivity (Wildman–Crippen MR) is 69.0 cm³/mol. The second-order valence-corrected chi connectivity index (χ2v) is 4.15. The number of hydrogen-bond donors (Lipinski definition) is 2. The molecule has 2 rings (SSSR count). The van der Waals surface area contributed by atoms with Crippen LogP contribution in [0.4, 0.5) is 5.69 Å². The maximum Gasteiger partial charge on any atom is 0.394 e. The van der Waals surface area contributed by atoms with Gasteiger partial charge < -0.3 is 15.0 Å². The monoisotopic (exact) mass is 266 g/mol. The van der Waals surface area contributed by atoms with Gasteiger partial charge in [0.2, 0.25) is 0 Å². The van der Waals surface area contributed by atoms with Gasteiger partial charge in [-0.25, -0.2) is 4.79 Å². The average molecular weight is 267 g/mol. The number of likely N-dealkylation sites (N-methyl/N-ethyl adjacent to an activating group) is 1. The Labute approximate surface area is 108 Å². The molecule has 0 atom stereocenters. The lowest BCUT2D eigenvalue weighted by molar-refractivity contribution is -0.148. The maximum absolute atomic E-state index is 11.6. The molecule has 1 aromatic carbocycles. The van der Waals surface area contributed by atoms with Crippen molar-refractivity contribution in [3.05, 3.63) is 29.4 Å². The highest BCUT2D eigenvalue weighted by atomic mass is 35.5. The Balaban J connectivity index is 2.55. The fourth-order valence-corrected chi connectivity index (χ4v) is 2.01. The van der Waals surface area contributed by atoms with E-state index in [1.807, 2.05) is 0 Å². The molecule has 0 aliphatic heterocycles. The minimum atomic E-state index is -1.48. The van der Waals surface area contributed by atoms with E-state index in [0.29, 0.717) is 10.7 Å². The number of aromatic amines is 1. The molecule has 0 spiro atoms. The third-order valence-corrected chi connectivity index (χ3v) is 2.89. The van der Waals surface area contributed by atoms with Crippen molar-refractivity contribution >= 4 is 40.1 Å². The minimum Gasteiger partial charge on any atom is -0.474 e. The molecule has 5 nitrogen and oxygen atoms in total. The molecule has 1 heterocycles. The summed E-state index contributed by atoms with van der Waals surface area (Å²) in [6.07, 6.45) is 1.60. The number of aliphatic carboxylic acids is 1. The van der Waals surface area contributed by atoms with Crippen molar-refractivity contribution in [3.8, 4) is 0 Å². The molecule has 18 heavy (non-hydrogen) atoms. The molecule has 0 unspecified atom stereocenters. The van der Waals surface area contributed by atoms with E-state index in [-0.39, 0.29) is 6.54 Å². The number of H-pyrrole nitrogens is 1. The summed E-state index contributed by atoms with van der Waals surface area (Å²) < 4.78 is 0. The average Bonchev–Trinajstić information content (AvgIpc) is 2.73.